The van der Waals surface area contributed by atoms with E-state index in [1.165, 1.54) is 22.7 Å². The molecule has 0 N–H and O–H groups in total. The third-order valence-corrected chi connectivity index (χ3v) is 7.14. The number of nitrogens with zero attached hydrogens (tertiary/aromatic N) is 3. The molecule has 1 fully saturated rings. The molecule has 0 atom stereocenters. The van der Waals surface area contributed by atoms with Gasteiger partial charge in [0.1, 0.15) is 11.5 Å². The summed E-state index contributed by atoms with van der Waals surface area (Å²) in [6, 6.07) is 12.8. The van der Waals surface area contributed by atoms with Crippen LogP contribution in [-0.2, 0) is 4.79 Å². The fourth-order valence-corrected chi connectivity index (χ4v) is 5.22. The van der Waals surface area contributed by atoms with Gasteiger partial charge in [-0.1, -0.05) is 43.2 Å². The molecule has 33 heavy (non-hydrogen) atoms. The summed E-state index contributed by atoms with van der Waals surface area (Å²) in [4.78, 5) is 33.2. The van der Waals surface area contributed by atoms with Crippen molar-refractivity contribution in [2.24, 2.45) is 0 Å². The van der Waals surface area contributed by atoms with Gasteiger partial charge in [-0.25, -0.2) is 4.98 Å². The first-order valence-corrected chi connectivity index (χ1v) is 12.1. The molecule has 1 heterocycles. The fourth-order valence-electron chi connectivity index (χ4n) is 4.29. The third-order valence-electron chi connectivity index (χ3n) is 6.21. The van der Waals surface area contributed by atoms with E-state index in [2.05, 4.69) is 0 Å². The van der Waals surface area contributed by atoms with E-state index < -0.39 is 0 Å². The maximum atomic E-state index is 13.6. The van der Waals surface area contributed by atoms with Gasteiger partial charge in [0.15, 0.2) is 5.16 Å². The number of ether oxygens (including phenoxy) is 2. The van der Waals surface area contributed by atoms with Crippen molar-refractivity contribution in [1.29, 1.82) is 0 Å². The van der Waals surface area contributed by atoms with Crippen LogP contribution in [-0.4, -0.2) is 53.4 Å². The second-order valence-electron chi connectivity index (χ2n) is 8.18. The smallest absolute Gasteiger partial charge is 0.266 e. The average molecular weight is 468 g/mol. The zero-order valence-corrected chi connectivity index (χ0v) is 20.1. The molecular formula is C25H29N3O4S. The Labute approximate surface area is 197 Å². The number of thioether (sulfide) groups is 1. The van der Waals surface area contributed by atoms with E-state index in [0.717, 1.165) is 25.7 Å². The van der Waals surface area contributed by atoms with Crippen molar-refractivity contribution in [3.63, 3.8) is 0 Å². The van der Waals surface area contributed by atoms with Crippen LogP contribution in [0.15, 0.2) is 52.4 Å². The molecule has 1 aliphatic carbocycles. The number of methoxy groups -OCH3 is 2. The lowest BCUT2D eigenvalue weighted by atomic mass is 9.94. The molecule has 7 nitrogen and oxygen atoms in total. The van der Waals surface area contributed by atoms with Crippen molar-refractivity contribution in [2.45, 2.75) is 43.3 Å². The highest BCUT2D eigenvalue weighted by molar-refractivity contribution is 7.99. The molecule has 8 heteroatoms. The number of carbonyl (C=O) groups excluding carboxylic acids is 1. The van der Waals surface area contributed by atoms with E-state index in [9.17, 15) is 9.59 Å². The molecule has 0 saturated heterocycles. The van der Waals surface area contributed by atoms with Gasteiger partial charge in [-0.2, -0.15) is 0 Å². The summed E-state index contributed by atoms with van der Waals surface area (Å²) in [5, 5.41) is 0.938. The second kappa shape index (κ2) is 10.3. The molecule has 1 saturated carbocycles. The normalized spacial score (nSPS) is 14.3. The minimum Gasteiger partial charge on any atom is -0.497 e. The van der Waals surface area contributed by atoms with E-state index in [1.807, 2.05) is 30.1 Å². The number of hydrogen-bond acceptors (Lipinski definition) is 6. The Morgan fingerprint density at radius 1 is 1.12 bits per heavy atom. The highest BCUT2D eigenvalue weighted by atomic mass is 32.2. The number of hydrogen-bond donors (Lipinski definition) is 0. The first-order chi connectivity index (χ1) is 16.0. The molecule has 4 rings (SSSR count). The van der Waals surface area contributed by atoms with Crippen molar-refractivity contribution in [2.75, 3.05) is 27.0 Å². The van der Waals surface area contributed by atoms with E-state index in [4.69, 9.17) is 14.5 Å². The molecule has 1 aromatic heterocycles. The maximum Gasteiger partial charge on any atom is 0.266 e. The van der Waals surface area contributed by atoms with Gasteiger partial charge in [0, 0.05) is 19.2 Å². The van der Waals surface area contributed by atoms with Crippen LogP contribution in [0.5, 0.6) is 11.5 Å². The maximum absolute atomic E-state index is 13.6. The van der Waals surface area contributed by atoms with Crippen LogP contribution in [0.3, 0.4) is 0 Å². The molecule has 174 valence electrons. The quantitative estimate of drug-likeness (QED) is 0.381. The summed E-state index contributed by atoms with van der Waals surface area (Å²) in [7, 11) is 5.01. The Kier molecular flexibility index (Phi) is 7.23. The minimum absolute atomic E-state index is 0.0402. The number of amides is 1. The minimum atomic E-state index is -0.220. The Balaban J connectivity index is 1.73. The van der Waals surface area contributed by atoms with Gasteiger partial charge in [-0.05, 0) is 37.1 Å². The van der Waals surface area contributed by atoms with Crippen LogP contribution in [0, 0.1) is 0 Å². The standard InChI is InChI=1S/C25H29N3O4S/c1-27(17-9-5-4-6-10-17)23(29)16-33-25-26-20-12-8-7-11-19(20)24(30)28(25)21-15-18(31-2)13-14-22(21)32-3/h7-8,11-15,17H,4-6,9-10,16H2,1-3H3. The number of rotatable bonds is 7. The lowest BCUT2D eigenvalue weighted by Gasteiger charge is -2.31. The zero-order valence-electron chi connectivity index (χ0n) is 19.2. The van der Waals surface area contributed by atoms with Crippen LogP contribution in [0.2, 0.25) is 0 Å². The molecule has 3 aromatic rings. The average Bonchev–Trinajstić information content (AvgIpc) is 2.87. The van der Waals surface area contributed by atoms with E-state index in [1.54, 1.807) is 38.5 Å². The van der Waals surface area contributed by atoms with Crippen LogP contribution in [0.1, 0.15) is 32.1 Å². The molecular weight excluding hydrogens is 438 g/mol. The van der Waals surface area contributed by atoms with Gasteiger partial charge in [-0.15, -0.1) is 0 Å². The van der Waals surface area contributed by atoms with Gasteiger partial charge in [0.05, 0.1) is 36.6 Å². The fraction of sp³-hybridized carbons (Fsp3) is 0.400. The first kappa shape index (κ1) is 23.2. The lowest BCUT2D eigenvalue weighted by molar-refractivity contribution is -0.129. The number of benzene rings is 2. The van der Waals surface area contributed by atoms with Gasteiger partial charge >= 0.3 is 0 Å². The van der Waals surface area contributed by atoms with Gasteiger partial charge in [0.25, 0.3) is 5.56 Å². The zero-order chi connectivity index (χ0) is 23.4. The molecule has 1 aliphatic rings. The topological polar surface area (TPSA) is 73.7 Å². The summed E-state index contributed by atoms with van der Waals surface area (Å²) in [6.45, 7) is 0. The summed E-state index contributed by atoms with van der Waals surface area (Å²) in [6.07, 6.45) is 5.66. The monoisotopic (exact) mass is 467 g/mol. The molecule has 0 aliphatic heterocycles. The van der Waals surface area contributed by atoms with Crippen molar-refractivity contribution < 1.29 is 14.3 Å². The largest absolute Gasteiger partial charge is 0.497 e. The van der Waals surface area contributed by atoms with Crippen molar-refractivity contribution >= 4 is 28.6 Å². The first-order valence-electron chi connectivity index (χ1n) is 11.2. The Morgan fingerprint density at radius 2 is 1.88 bits per heavy atom. The number of carbonyl (C=O) groups is 1. The highest BCUT2D eigenvalue weighted by Crippen LogP contribution is 2.31. The van der Waals surface area contributed by atoms with Crippen LogP contribution >= 0.6 is 11.8 Å². The van der Waals surface area contributed by atoms with Crippen LogP contribution in [0.4, 0.5) is 0 Å². The summed E-state index contributed by atoms with van der Waals surface area (Å²) < 4.78 is 12.4. The van der Waals surface area contributed by atoms with E-state index >= 15 is 0 Å². The SMILES string of the molecule is COc1ccc(OC)c(-n2c(SCC(=O)N(C)C3CCCCC3)nc3ccccc3c2=O)c1. The van der Waals surface area contributed by atoms with Gasteiger partial charge < -0.3 is 14.4 Å². The number of fused-ring (bicyclic) bond motifs is 1. The molecule has 2 aromatic carbocycles. The molecule has 0 spiro atoms. The third kappa shape index (κ3) is 4.85. The molecule has 1 amide bonds. The Hall–Kier alpha value is -3.00. The van der Waals surface area contributed by atoms with Crippen molar-refractivity contribution in [3.8, 4) is 17.2 Å². The molecule has 0 bridgehead atoms. The number of para-hydroxylation sites is 1. The second-order valence-corrected chi connectivity index (χ2v) is 9.12. The van der Waals surface area contributed by atoms with E-state index in [-0.39, 0.29) is 23.3 Å². The highest BCUT2D eigenvalue weighted by Gasteiger charge is 2.23. The Morgan fingerprint density at radius 3 is 2.61 bits per heavy atom. The van der Waals surface area contributed by atoms with Gasteiger partial charge in [-0.3, -0.25) is 14.2 Å². The Bertz CT molecular complexity index is 1200. The predicted molar refractivity (Wildman–Crippen MR) is 131 cm³/mol. The number of aromatic nitrogens is 2. The summed E-state index contributed by atoms with van der Waals surface area (Å²) in [5.41, 5.74) is 0.898. The summed E-state index contributed by atoms with van der Waals surface area (Å²) >= 11 is 1.27. The van der Waals surface area contributed by atoms with Crippen LogP contribution in [0.25, 0.3) is 16.6 Å². The lowest BCUT2D eigenvalue weighted by Crippen LogP contribution is -2.39. The predicted octanol–water partition coefficient (Wildman–Crippen LogP) is 4.29. The van der Waals surface area contributed by atoms with Crippen molar-refractivity contribution in [1.82, 2.24) is 14.5 Å². The van der Waals surface area contributed by atoms with Crippen molar-refractivity contribution in [3.05, 3.63) is 52.8 Å². The molecule has 0 radical (unpaired) electrons. The van der Waals surface area contributed by atoms with Gasteiger partial charge in [0.2, 0.25) is 5.91 Å². The summed E-state index contributed by atoms with van der Waals surface area (Å²) in [5.74, 6) is 1.35. The molecule has 0 unspecified atom stereocenters. The van der Waals surface area contributed by atoms with E-state index in [0.29, 0.717) is 33.2 Å². The van der Waals surface area contributed by atoms with Crippen LogP contribution < -0.4 is 15.0 Å².